The van der Waals surface area contributed by atoms with E-state index in [9.17, 15) is 4.79 Å². The zero-order valence-electron chi connectivity index (χ0n) is 11.0. The summed E-state index contributed by atoms with van der Waals surface area (Å²) in [6, 6.07) is 12.2. The van der Waals surface area contributed by atoms with Crippen molar-refractivity contribution >= 4 is 53.7 Å². The fourth-order valence-corrected chi connectivity index (χ4v) is 4.74. The average Bonchev–Trinajstić information content (AvgIpc) is 2.47. The summed E-state index contributed by atoms with van der Waals surface area (Å²) in [5.74, 6) is 0.0210. The van der Waals surface area contributed by atoms with Gasteiger partial charge in [-0.3, -0.25) is 4.79 Å². The highest BCUT2D eigenvalue weighted by Crippen LogP contribution is 2.37. The summed E-state index contributed by atoms with van der Waals surface area (Å²) in [5, 5.41) is 2.89. The number of rotatable bonds is 2. The molecule has 2 aromatic rings. The zero-order chi connectivity index (χ0) is 15.0. The van der Waals surface area contributed by atoms with Crippen molar-refractivity contribution in [3.05, 3.63) is 67.6 Å². The standard InChI is InChI=1S/C16H12Br3NO/c17-11-3-4-12(14(18)8-11)15(19)10-2-1-9-5-6-20-16(21)13(9)7-10/h1-4,7-8,15H,5-6H2,(H,20,21). The van der Waals surface area contributed by atoms with Crippen LogP contribution in [0.4, 0.5) is 0 Å². The molecular formula is C16H12Br3NO. The fourth-order valence-electron chi connectivity index (χ4n) is 2.47. The molecule has 0 aromatic heterocycles. The minimum absolute atomic E-state index is 0.0210. The van der Waals surface area contributed by atoms with E-state index in [1.807, 2.05) is 18.2 Å². The maximum Gasteiger partial charge on any atom is 0.251 e. The van der Waals surface area contributed by atoms with Crippen molar-refractivity contribution < 1.29 is 4.79 Å². The van der Waals surface area contributed by atoms with E-state index >= 15 is 0 Å². The number of hydrogen-bond acceptors (Lipinski definition) is 1. The number of amides is 1. The normalized spacial score (nSPS) is 15.3. The summed E-state index contributed by atoms with van der Waals surface area (Å²) in [7, 11) is 0. The van der Waals surface area contributed by atoms with Crippen LogP contribution in [-0.4, -0.2) is 12.5 Å². The number of carbonyl (C=O) groups is 1. The highest BCUT2D eigenvalue weighted by Gasteiger charge is 2.20. The van der Waals surface area contributed by atoms with Gasteiger partial charge in [0.05, 0.1) is 4.83 Å². The van der Waals surface area contributed by atoms with E-state index in [-0.39, 0.29) is 10.7 Å². The summed E-state index contributed by atoms with van der Waals surface area (Å²) >= 11 is 10.8. The second-order valence-corrected chi connectivity index (χ2v) is 7.64. The number of halogens is 3. The van der Waals surface area contributed by atoms with Crippen LogP contribution in [0.2, 0.25) is 0 Å². The van der Waals surface area contributed by atoms with Crippen LogP contribution in [0.25, 0.3) is 0 Å². The Labute approximate surface area is 148 Å². The van der Waals surface area contributed by atoms with Gasteiger partial charge in [0, 0.05) is 21.1 Å². The maximum atomic E-state index is 12.0. The lowest BCUT2D eigenvalue weighted by molar-refractivity contribution is 0.0946. The second kappa shape index (κ2) is 6.23. The third-order valence-corrected chi connectivity index (χ3v) is 5.79. The Kier molecular flexibility index (Phi) is 4.52. The van der Waals surface area contributed by atoms with Gasteiger partial charge in [-0.2, -0.15) is 0 Å². The molecule has 0 saturated heterocycles. The van der Waals surface area contributed by atoms with Crippen molar-refractivity contribution in [3.63, 3.8) is 0 Å². The maximum absolute atomic E-state index is 12.0. The molecule has 1 unspecified atom stereocenters. The Morgan fingerprint density at radius 2 is 1.90 bits per heavy atom. The number of nitrogens with one attached hydrogen (secondary N) is 1. The molecular weight excluding hydrogens is 462 g/mol. The van der Waals surface area contributed by atoms with Crippen LogP contribution in [-0.2, 0) is 6.42 Å². The van der Waals surface area contributed by atoms with Crippen molar-refractivity contribution in [3.8, 4) is 0 Å². The Balaban J connectivity index is 2.00. The molecule has 1 atom stereocenters. The first-order valence-corrected chi connectivity index (χ1v) is 9.06. The Morgan fingerprint density at radius 1 is 1.10 bits per heavy atom. The topological polar surface area (TPSA) is 29.1 Å². The van der Waals surface area contributed by atoms with E-state index in [1.54, 1.807) is 0 Å². The lowest BCUT2D eigenvalue weighted by Crippen LogP contribution is -2.31. The monoisotopic (exact) mass is 471 g/mol. The van der Waals surface area contributed by atoms with E-state index in [2.05, 4.69) is 71.3 Å². The van der Waals surface area contributed by atoms with Crippen LogP contribution in [0.1, 0.15) is 31.9 Å². The highest BCUT2D eigenvalue weighted by atomic mass is 79.9. The molecule has 2 nitrogen and oxygen atoms in total. The van der Waals surface area contributed by atoms with E-state index in [0.29, 0.717) is 0 Å². The zero-order valence-corrected chi connectivity index (χ0v) is 15.8. The van der Waals surface area contributed by atoms with Crippen LogP contribution in [0.3, 0.4) is 0 Å². The smallest absolute Gasteiger partial charge is 0.251 e. The van der Waals surface area contributed by atoms with Gasteiger partial charge in [-0.25, -0.2) is 0 Å². The number of carbonyl (C=O) groups excluding carboxylic acids is 1. The van der Waals surface area contributed by atoms with Crippen molar-refractivity contribution in [1.29, 1.82) is 0 Å². The molecule has 1 amide bonds. The molecule has 1 heterocycles. The first kappa shape index (κ1) is 15.3. The van der Waals surface area contributed by atoms with Crippen molar-refractivity contribution in [1.82, 2.24) is 5.32 Å². The van der Waals surface area contributed by atoms with E-state index < -0.39 is 0 Å². The quantitative estimate of drug-likeness (QED) is 0.612. The molecule has 1 N–H and O–H groups in total. The van der Waals surface area contributed by atoms with Crippen molar-refractivity contribution in [2.45, 2.75) is 11.2 Å². The van der Waals surface area contributed by atoms with Gasteiger partial charge in [0.2, 0.25) is 0 Å². The Bertz CT molecular complexity index is 715. The molecule has 5 heteroatoms. The molecule has 0 radical (unpaired) electrons. The summed E-state index contributed by atoms with van der Waals surface area (Å²) in [4.78, 5) is 12.0. The fraction of sp³-hybridized carbons (Fsp3) is 0.188. The molecule has 21 heavy (non-hydrogen) atoms. The number of fused-ring (bicyclic) bond motifs is 1. The Morgan fingerprint density at radius 3 is 2.67 bits per heavy atom. The van der Waals surface area contributed by atoms with Gasteiger partial charge < -0.3 is 5.32 Å². The molecule has 0 fully saturated rings. The molecule has 108 valence electrons. The van der Waals surface area contributed by atoms with Crippen LogP contribution in [0.15, 0.2) is 45.3 Å². The lowest BCUT2D eigenvalue weighted by atomic mass is 9.95. The van der Waals surface area contributed by atoms with Gasteiger partial charge in [-0.05, 0) is 41.3 Å². The average molecular weight is 474 g/mol. The van der Waals surface area contributed by atoms with Crippen LogP contribution >= 0.6 is 47.8 Å². The third-order valence-electron chi connectivity index (χ3n) is 3.59. The number of benzene rings is 2. The molecule has 1 aliphatic rings. The first-order chi connectivity index (χ1) is 10.1. The van der Waals surface area contributed by atoms with E-state index in [4.69, 9.17) is 0 Å². The lowest BCUT2D eigenvalue weighted by Gasteiger charge is -2.19. The minimum Gasteiger partial charge on any atom is -0.352 e. The largest absolute Gasteiger partial charge is 0.352 e. The van der Waals surface area contributed by atoms with Gasteiger partial charge in [0.1, 0.15) is 0 Å². The molecule has 2 aromatic carbocycles. The van der Waals surface area contributed by atoms with Gasteiger partial charge in [-0.1, -0.05) is 66.0 Å². The van der Waals surface area contributed by atoms with Crippen LogP contribution in [0.5, 0.6) is 0 Å². The minimum atomic E-state index is 0.0210. The third kappa shape index (κ3) is 3.10. The number of alkyl halides is 1. The first-order valence-electron chi connectivity index (χ1n) is 6.56. The van der Waals surface area contributed by atoms with Gasteiger partial charge in [0.25, 0.3) is 5.91 Å². The van der Waals surface area contributed by atoms with Gasteiger partial charge in [-0.15, -0.1) is 0 Å². The summed E-state index contributed by atoms with van der Waals surface area (Å²) < 4.78 is 2.06. The SMILES string of the molecule is O=C1NCCc2ccc(C(Br)c3ccc(Br)cc3Br)cc21. The molecule has 3 rings (SSSR count). The molecule has 0 aliphatic carbocycles. The summed E-state index contributed by atoms with van der Waals surface area (Å²) in [5.41, 5.74) is 4.12. The molecule has 0 spiro atoms. The second-order valence-electron chi connectivity index (χ2n) is 4.95. The van der Waals surface area contributed by atoms with E-state index in [0.717, 1.165) is 44.2 Å². The predicted octanol–water partition coefficient (Wildman–Crippen LogP) is 4.98. The van der Waals surface area contributed by atoms with E-state index in [1.165, 1.54) is 0 Å². The van der Waals surface area contributed by atoms with Gasteiger partial charge >= 0.3 is 0 Å². The van der Waals surface area contributed by atoms with Crippen molar-refractivity contribution in [2.75, 3.05) is 6.54 Å². The van der Waals surface area contributed by atoms with Crippen molar-refractivity contribution in [2.24, 2.45) is 0 Å². The molecule has 0 saturated carbocycles. The number of hydrogen-bond donors (Lipinski definition) is 1. The van der Waals surface area contributed by atoms with Gasteiger partial charge in [0.15, 0.2) is 0 Å². The summed E-state index contributed by atoms with van der Waals surface area (Å²) in [6.45, 7) is 0.723. The van der Waals surface area contributed by atoms with Crippen LogP contribution < -0.4 is 5.32 Å². The Hall–Kier alpha value is -0.650. The predicted molar refractivity (Wildman–Crippen MR) is 95.1 cm³/mol. The highest BCUT2D eigenvalue weighted by molar-refractivity contribution is 9.11. The van der Waals surface area contributed by atoms with Crippen LogP contribution in [0, 0.1) is 0 Å². The molecule has 1 aliphatic heterocycles. The summed E-state index contributed by atoms with van der Waals surface area (Å²) in [6.07, 6.45) is 0.899. The molecule has 0 bridgehead atoms.